The summed E-state index contributed by atoms with van der Waals surface area (Å²) in [5.74, 6) is 0. The monoisotopic (exact) mass is 268 g/mol. The molecule has 6 nitrogen and oxygen atoms in total. The van der Waals surface area contributed by atoms with E-state index in [0.29, 0.717) is 12.2 Å². The Morgan fingerprint density at radius 2 is 2.21 bits per heavy atom. The van der Waals surface area contributed by atoms with Gasteiger partial charge in [-0.2, -0.15) is 0 Å². The number of nitrogens with one attached hydrogen (secondary N) is 1. The van der Waals surface area contributed by atoms with Crippen molar-refractivity contribution in [3.63, 3.8) is 0 Å². The van der Waals surface area contributed by atoms with Gasteiger partial charge in [-0.25, -0.2) is 4.79 Å². The molecule has 6 heteroatoms. The standard InChI is InChI=1S/C13H20N2O4/c1-8(2)18-7-10-4-5-11(19-10)15-6-9(3)12(16)14-13(15)17/h6,8,10-11H,4-5,7H2,1-3H3,(H,14,16,17)/t10-,11?/m0/s1. The highest BCUT2D eigenvalue weighted by atomic mass is 16.6. The number of nitrogens with zero attached hydrogens (tertiary/aromatic N) is 1. The molecular formula is C13H20N2O4. The number of ether oxygens (including phenoxy) is 2. The molecule has 0 bridgehead atoms. The van der Waals surface area contributed by atoms with Crippen LogP contribution in [0.4, 0.5) is 0 Å². The van der Waals surface area contributed by atoms with Crippen molar-refractivity contribution >= 4 is 0 Å². The van der Waals surface area contributed by atoms with Gasteiger partial charge in [0.15, 0.2) is 0 Å². The number of aromatic nitrogens is 2. The topological polar surface area (TPSA) is 73.3 Å². The van der Waals surface area contributed by atoms with Crippen LogP contribution in [0.3, 0.4) is 0 Å². The predicted octanol–water partition coefficient (Wildman–Crippen LogP) is 0.948. The van der Waals surface area contributed by atoms with E-state index < -0.39 is 5.69 Å². The maximum absolute atomic E-state index is 11.7. The molecule has 106 valence electrons. The Kier molecular flexibility index (Phi) is 4.21. The molecule has 0 aliphatic carbocycles. The van der Waals surface area contributed by atoms with Gasteiger partial charge in [-0.1, -0.05) is 0 Å². The fourth-order valence-electron chi connectivity index (χ4n) is 2.11. The van der Waals surface area contributed by atoms with Crippen molar-refractivity contribution in [2.24, 2.45) is 0 Å². The summed E-state index contributed by atoms with van der Waals surface area (Å²) in [4.78, 5) is 25.4. The lowest BCUT2D eigenvalue weighted by atomic mass is 10.2. The minimum atomic E-state index is -0.425. The molecule has 1 aromatic heterocycles. The minimum Gasteiger partial charge on any atom is -0.376 e. The first-order valence-corrected chi connectivity index (χ1v) is 6.56. The number of H-pyrrole nitrogens is 1. The molecule has 2 heterocycles. The molecule has 0 amide bonds. The Bertz CT molecular complexity index is 546. The van der Waals surface area contributed by atoms with Crippen molar-refractivity contribution in [1.29, 1.82) is 0 Å². The van der Waals surface area contributed by atoms with Gasteiger partial charge in [0, 0.05) is 11.8 Å². The first-order chi connectivity index (χ1) is 8.97. The van der Waals surface area contributed by atoms with Crippen LogP contribution in [-0.2, 0) is 9.47 Å². The number of aromatic amines is 1. The Morgan fingerprint density at radius 1 is 1.47 bits per heavy atom. The van der Waals surface area contributed by atoms with Gasteiger partial charge in [0.05, 0.1) is 18.8 Å². The smallest absolute Gasteiger partial charge is 0.330 e. The van der Waals surface area contributed by atoms with E-state index in [1.807, 2.05) is 13.8 Å². The van der Waals surface area contributed by atoms with Crippen LogP contribution in [0.25, 0.3) is 0 Å². The third-order valence-electron chi connectivity index (χ3n) is 3.16. The molecule has 1 aliphatic rings. The van der Waals surface area contributed by atoms with Crippen molar-refractivity contribution in [3.8, 4) is 0 Å². The van der Waals surface area contributed by atoms with E-state index in [4.69, 9.17) is 9.47 Å². The summed E-state index contributed by atoms with van der Waals surface area (Å²) < 4.78 is 12.8. The van der Waals surface area contributed by atoms with Crippen LogP contribution < -0.4 is 11.2 Å². The summed E-state index contributed by atoms with van der Waals surface area (Å²) in [7, 11) is 0. The zero-order valence-electron chi connectivity index (χ0n) is 11.5. The second-order valence-electron chi connectivity index (χ2n) is 5.15. The first kappa shape index (κ1) is 14.0. The summed E-state index contributed by atoms with van der Waals surface area (Å²) in [5.41, 5.74) is -0.268. The van der Waals surface area contributed by atoms with Crippen molar-refractivity contribution in [2.45, 2.75) is 52.0 Å². The molecule has 19 heavy (non-hydrogen) atoms. The highest BCUT2D eigenvalue weighted by molar-refractivity contribution is 5.01. The van der Waals surface area contributed by atoms with Crippen molar-refractivity contribution in [1.82, 2.24) is 9.55 Å². The molecular weight excluding hydrogens is 248 g/mol. The molecule has 0 saturated carbocycles. The van der Waals surface area contributed by atoms with Gasteiger partial charge < -0.3 is 9.47 Å². The van der Waals surface area contributed by atoms with E-state index in [1.165, 1.54) is 4.57 Å². The van der Waals surface area contributed by atoms with E-state index >= 15 is 0 Å². The van der Waals surface area contributed by atoms with E-state index in [9.17, 15) is 9.59 Å². The molecule has 1 saturated heterocycles. The molecule has 2 atom stereocenters. The van der Waals surface area contributed by atoms with Crippen LogP contribution in [-0.4, -0.2) is 28.4 Å². The summed E-state index contributed by atoms with van der Waals surface area (Å²) in [6, 6.07) is 0. The van der Waals surface area contributed by atoms with Gasteiger partial charge in [0.1, 0.15) is 6.23 Å². The zero-order chi connectivity index (χ0) is 14.0. The molecule has 1 N–H and O–H groups in total. The Morgan fingerprint density at radius 3 is 2.89 bits per heavy atom. The maximum Gasteiger partial charge on any atom is 0.330 e. The lowest BCUT2D eigenvalue weighted by molar-refractivity contribution is -0.0552. The lowest BCUT2D eigenvalue weighted by Crippen LogP contribution is -2.33. The average Bonchev–Trinajstić information content (AvgIpc) is 2.80. The summed E-state index contributed by atoms with van der Waals surface area (Å²) in [5, 5.41) is 0. The van der Waals surface area contributed by atoms with Crippen molar-refractivity contribution in [2.75, 3.05) is 6.61 Å². The van der Waals surface area contributed by atoms with Crippen LogP contribution >= 0.6 is 0 Å². The fourth-order valence-corrected chi connectivity index (χ4v) is 2.11. The van der Waals surface area contributed by atoms with Gasteiger partial charge in [-0.3, -0.25) is 14.3 Å². The highest BCUT2D eigenvalue weighted by Crippen LogP contribution is 2.27. The van der Waals surface area contributed by atoms with Gasteiger partial charge in [0.25, 0.3) is 5.56 Å². The highest BCUT2D eigenvalue weighted by Gasteiger charge is 2.27. The zero-order valence-corrected chi connectivity index (χ0v) is 11.5. The number of aryl methyl sites for hydroxylation is 1. The lowest BCUT2D eigenvalue weighted by Gasteiger charge is -2.17. The van der Waals surface area contributed by atoms with Gasteiger partial charge in [0.2, 0.25) is 0 Å². The van der Waals surface area contributed by atoms with Gasteiger partial charge in [-0.05, 0) is 33.6 Å². The Balaban J connectivity index is 2.07. The number of rotatable bonds is 4. The summed E-state index contributed by atoms with van der Waals surface area (Å²) in [6.07, 6.45) is 3.01. The molecule has 0 aromatic carbocycles. The van der Waals surface area contributed by atoms with Crippen LogP contribution in [0.15, 0.2) is 15.8 Å². The minimum absolute atomic E-state index is 0.00605. The Labute approximate surface area is 111 Å². The van der Waals surface area contributed by atoms with Crippen molar-refractivity contribution < 1.29 is 9.47 Å². The SMILES string of the molecule is Cc1cn(C2CC[C@@H](COC(C)C)O2)c(=O)[nH]c1=O. The van der Waals surface area contributed by atoms with E-state index in [-0.39, 0.29) is 24.0 Å². The van der Waals surface area contributed by atoms with Gasteiger partial charge >= 0.3 is 5.69 Å². The Hall–Kier alpha value is -1.40. The van der Waals surface area contributed by atoms with Crippen LogP contribution in [0.5, 0.6) is 0 Å². The van der Waals surface area contributed by atoms with E-state index in [2.05, 4.69) is 4.98 Å². The van der Waals surface area contributed by atoms with Gasteiger partial charge in [-0.15, -0.1) is 0 Å². The summed E-state index contributed by atoms with van der Waals surface area (Å²) >= 11 is 0. The van der Waals surface area contributed by atoms with Crippen LogP contribution in [0.2, 0.25) is 0 Å². The van der Waals surface area contributed by atoms with Crippen LogP contribution in [0, 0.1) is 6.92 Å². The molecule has 1 unspecified atom stereocenters. The maximum atomic E-state index is 11.7. The quantitative estimate of drug-likeness (QED) is 0.882. The third-order valence-corrected chi connectivity index (χ3v) is 3.16. The summed E-state index contributed by atoms with van der Waals surface area (Å²) in [6.45, 7) is 6.15. The largest absolute Gasteiger partial charge is 0.376 e. The molecule has 0 spiro atoms. The number of hydrogen-bond donors (Lipinski definition) is 1. The predicted molar refractivity (Wildman–Crippen MR) is 70.3 cm³/mol. The fraction of sp³-hybridized carbons (Fsp3) is 0.692. The first-order valence-electron chi connectivity index (χ1n) is 6.56. The number of hydrogen-bond acceptors (Lipinski definition) is 4. The molecule has 1 fully saturated rings. The third kappa shape index (κ3) is 3.33. The normalized spacial score (nSPS) is 23.2. The molecule has 0 radical (unpaired) electrons. The molecule has 1 aromatic rings. The molecule has 2 rings (SSSR count). The van der Waals surface area contributed by atoms with E-state index in [1.54, 1.807) is 13.1 Å². The van der Waals surface area contributed by atoms with Crippen molar-refractivity contribution in [3.05, 3.63) is 32.6 Å². The second kappa shape index (κ2) is 5.71. The van der Waals surface area contributed by atoms with Crippen LogP contribution in [0.1, 0.15) is 38.5 Å². The average molecular weight is 268 g/mol. The van der Waals surface area contributed by atoms with E-state index in [0.717, 1.165) is 12.8 Å². The second-order valence-corrected chi connectivity index (χ2v) is 5.15. The molecule has 1 aliphatic heterocycles.